The maximum atomic E-state index is 13.6. The van der Waals surface area contributed by atoms with E-state index in [1.807, 2.05) is 22.2 Å². The zero-order valence-corrected chi connectivity index (χ0v) is 30.1. The second kappa shape index (κ2) is 15.3. The Labute approximate surface area is 300 Å². The number of alkyl carbamates (subject to hydrolysis) is 1. The maximum Gasteiger partial charge on any atom is 0.407 e. The summed E-state index contributed by atoms with van der Waals surface area (Å²) in [4.78, 5) is 58.6. The molecule has 3 aromatic rings. The predicted molar refractivity (Wildman–Crippen MR) is 196 cm³/mol. The number of H-pyrrole nitrogens is 2. The Hall–Kier alpha value is -4.67. The van der Waals surface area contributed by atoms with Gasteiger partial charge in [0, 0.05) is 31.5 Å². The Morgan fingerprint density at radius 3 is 2.04 bits per heavy atom. The lowest BCUT2D eigenvalue weighted by molar-refractivity contribution is -0.137. The number of methoxy groups -OCH3 is 1. The van der Waals surface area contributed by atoms with Crippen molar-refractivity contribution in [2.24, 2.45) is 11.8 Å². The first-order valence-electron chi connectivity index (χ1n) is 18.8. The van der Waals surface area contributed by atoms with Crippen LogP contribution in [0.5, 0.6) is 0 Å². The molecule has 0 bridgehead atoms. The highest BCUT2D eigenvalue weighted by Crippen LogP contribution is 2.37. The van der Waals surface area contributed by atoms with Gasteiger partial charge < -0.3 is 29.8 Å². The molecular formula is C40H51N7O4. The van der Waals surface area contributed by atoms with Crippen molar-refractivity contribution in [2.45, 2.75) is 103 Å². The number of hydrogen-bond donors (Lipinski definition) is 3. The van der Waals surface area contributed by atoms with Crippen molar-refractivity contribution in [2.75, 3.05) is 20.2 Å². The van der Waals surface area contributed by atoms with Gasteiger partial charge in [0.25, 0.3) is 0 Å². The average Bonchev–Trinajstić information content (AvgIpc) is 3.98. The van der Waals surface area contributed by atoms with Crippen molar-refractivity contribution < 1.29 is 19.1 Å². The molecule has 0 unspecified atom stereocenters. The molecule has 2 aliphatic carbocycles. The van der Waals surface area contributed by atoms with Gasteiger partial charge in [-0.05, 0) is 92.4 Å². The van der Waals surface area contributed by atoms with E-state index >= 15 is 0 Å². The molecule has 1 aromatic carbocycles. The molecule has 2 atom stereocenters. The summed E-state index contributed by atoms with van der Waals surface area (Å²) in [6, 6.07) is 8.69. The van der Waals surface area contributed by atoms with Crippen LogP contribution >= 0.6 is 0 Å². The van der Waals surface area contributed by atoms with E-state index in [1.165, 1.54) is 23.8 Å². The third-order valence-corrected chi connectivity index (χ3v) is 11.2. The van der Waals surface area contributed by atoms with Crippen LogP contribution in [0.1, 0.15) is 119 Å². The number of carbonyl (C=O) groups is 3. The summed E-state index contributed by atoms with van der Waals surface area (Å²) < 4.78 is 4.73. The third-order valence-electron chi connectivity index (χ3n) is 11.2. The number of likely N-dealkylation sites (tertiary alicyclic amines) is 2. The van der Waals surface area contributed by atoms with Crippen LogP contribution in [0.4, 0.5) is 4.79 Å². The highest BCUT2D eigenvalue weighted by Gasteiger charge is 2.37. The van der Waals surface area contributed by atoms with Crippen molar-refractivity contribution in [1.82, 2.24) is 35.1 Å². The number of allylic oxidation sites excluding steroid dienone is 4. The highest BCUT2D eigenvalue weighted by molar-refractivity contribution is 5.80. The topological polar surface area (TPSA) is 136 Å². The molecule has 7 rings (SSSR count). The molecule has 3 N–H and O–H groups in total. The summed E-state index contributed by atoms with van der Waals surface area (Å²) >= 11 is 0. The van der Waals surface area contributed by atoms with Gasteiger partial charge in [-0.3, -0.25) is 9.59 Å². The number of hydrogen-bond acceptors (Lipinski definition) is 6. The maximum absolute atomic E-state index is 13.6. The minimum Gasteiger partial charge on any atom is -0.453 e. The summed E-state index contributed by atoms with van der Waals surface area (Å²) in [5.74, 6) is 2.50. The van der Waals surface area contributed by atoms with E-state index in [4.69, 9.17) is 14.7 Å². The first-order valence-corrected chi connectivity index (χ1v) is 18.8. The summed E-state index contributed by atoms with van der Waals surface area (Å²) in [7, 11) is 1.37. The molecule has 11 heteroatoms. The number of benzene rings is 1. The first-order chi connectivity index (χ1) is 24.8. The summed E-state index contributed by atoms with van der Waals surface area (Å²) in [5, 5.41) is 2.88. The van der Waals surface area contributed by atoms with Crippen molar-refractivity contribution >= 4 is 29.1 Å². The number of rotatable bonds is 9. The number of nitrogens with zero attached hydrogens (tertiary/aromatic N) is 4. The molecule has 3 fully saturated rings. The minimum absolute atomic E-state index is 0.0190. The zero-order chi connectivity index (χ0) is 35.5. The number of amides is 3. The Balaban J connectivity index is 0.962. The van der Waals surface area contributed by atoms with E-state index in [1.54, 1.807) is 0 Å². The fourth-order valence-corrected chi connectivity index (χ4v) is 8.36. The van der Waals surface area contributed by atoms with Crippen LogP contribution in [0.2, 0.25) is 0 Å². The van der Waals surface area contributed by atoms with E-state index < -0.39 is 6.09 Å². The van der Waals surface area contributed by atoms with Crippen molar-refractivity contribution in [1.29, 1.82) is 0 Å². The molecule has 3 amide bonds. The number of aromatic amines is 2. The Kier molecular flexibility index (Phi) is 10.4. The smallest absolute Gasteiger partial charge is 0.407 e. The summed E-state index contributed by atoms with van der Waals surface area (Å²) in [6.45, 7) is 5.74. The molecule has 2 aromatic heterocycles. The van der Waals surface area contributed by atoms with Gasteiger partial charge in [0.2, 0.25) is 11.8 Å². The van der Waals surface area contributed by atoms with Gasteiger partial charge in [-0.2, -0.15) is 0 Å². The largest absolute Gasteiger partial charge is 0.453 e. The standard InChI is InChI=1S/C40H51N7O4/c1-25(2)22-36(48)46-20-4-6-34(46)37-41-23-32(44-37)28-12-8-26(9-13-28)27-10-14-29(15-11-27)33-24-42-38(45-33)35-7-5-21-47(35)39(49)30-16-18-31(19-17-30)43-40(50)51-3/h8,10-12,14-15,23-25,30-31,34-35H,4-7,9,13,16-22H2,1-3H3,(H,41,44)(H,42,45)(H,43,50)/t30-,31+,34-,35-/m0/s1. The van der Waals surface area contributed by atoms with Gasteiger partial charge in [-0.1, -0.05) is 50.3 Å². The monoisotopic (exact) mass is 693 g/mol. The summed E-state index contributed by atoms with van der Waals surface area (Å²) in [5.41, 5.74) is 6.79. The zero-order valence-electron chi connectivity index (χ0n) is 30.1. The van der Waals surface area contributed by atoms with E-state index in [2.05, 4.69) is 65.5 Å². The Bertz CT molecular complexity index is 1780. The van der Waals surface area contributed by atoms with Crippen molar-refractivity contribution in [3.8, 4) is 11.3 Å². The van der Waals surface area contributed by atoms with E-state index in [-0.39, 0.29) is 35.9 Å². The molecule has 51 heavy (non-hydrogen) atoms. The molecule has 11 nitrogen and oxygen atoms in total. The molecule has 2 saturated heterocycles. The molecule has 1 saturated carbocycles. The Morgan fingerprint density at radius 2 is 1.39 bits per heavy atom. The van der Waals surface area contributed by atoms with Crippen LogP contribution in [0.15, 0.2) is 48.8 Å². The fourth-order valence-electron chi connectivity index (χ4n) is 8.36. The molecule has 0 radical (unpaired) electrons. The van der Waals surface area contributed by atoms with E-state index in [0.717, 1.165) is 106 Å². The van der Waals surface area contributed by atoms with Gasteiger partial charge >= 0.3 is 6.09 Å². The van der Waals surface area contributed by atoms with Gasteiger partial charge in [0.15, 0.2) is 0 Å². The number of carbonyl (C=O) groups excluding carboxylic acids is 3. The molecule has 270 valence electrons. The lowest BCUT2D eigenvalue weighted by Crippen LogP contribution is -2.42. The van der Waals surface area contributed by atoms with Crippen LogP contribution in [-0.2, 0) is 14.3 Å². The first kappa shape index (κ1) is 34.8. The van der Waals surface area contributed by atoms with E-state index in [0.29, 0.717) is 12.3 Å². The van der Waals surface area contributed by atoms with Gasteiger partial charge in [0.1, 0.15) is 11.6 Å². The molecule has 4 aliphatic rings. The average molecular weight is 694 g/mol. The third kappa shape index (κ3) is 7.67. The molecular weight excluding hydrogens is 642 g/mol. The minimum atomic E-state index is -0.408. The number of aromatic nitrogens is 4. The number of ether oxygens (including phenoxy) is 1. The van der Waals surface area contributed by atoms with Crippen LogP contribution in [0.3, 0.4) is 0 Å². The normalized spacial score (nSPS) is 23.7. The highest BCUT2D eigenvalue weighted by atomic mass is 16.5. The van der Waals surface area contributed by atoms with Crippen LogP contribution in [-0.4, -0.2) is 73.9 Å². The fraction of sp³-hybridized carbons (Fsp3) is 0.525. The lowest BCUT2D eigenvalue weighted by Gasteiger charge is -2.32. The lowest BCUT2D eigenvalue weighted by atomic mass is 9.85. The van der Waals surface area contributed by atoms with Crippen LogP contribution in [0, 0.1) is 11.8 Å². The van der Waals surface area contributed by atoms with Gasteiger partial charge in [-0.25, -0.2) is 14.8 Å². The van der Waals surface area contributed by atoms with Crippen molar-refractivity contribution in [3.05, 3.63) is 71.7 Å². The molecule has 4 heterocycles. The SMILES string of the molecule is COC(=O)N[C@H]1CC[C@@H](C(=O)N2CCC[C@H]2c2ncc(-c3ccc(C4=CC=C(c5cnc([C@@H]6CCCN6C(=O)CC(C)C)[nH]5)CC4)cc3)[nH]2)CC1. The van der Waals surface area contributed by atoms with E-state index in [9.17, 15) is 14.4 Å². The Morgan fingerprint density at radius 1 is 0.804 bits per heavy atom. The predicted octanol–water partition coefficient (Wildman–Crippen LogP) is 7.35. The number of imidazole rings is 2. The quantitative estimate of drug-likeness (QED) is 0.215. The van der Waals surface area contributed by atoms with Crippen molar-refractivity contribution in [3.63, 3.8) is 0 Å². The second-order valence-electron chi connectivity index (χ2n) is 15.0. The second-order valence-corrected chi connectivity index (χ2v) is 15.0. The molecule has 0 spiro atoms. The van der Waals surface area contributed by atoms with Gasteiger partial charge in [0.05, 0.1) is 43.0 Å². The van der Waals surface area contributed by atoms with Crippen LogP contribution < -0.4 is 5.32 Å². The summed E-state index contributed by atoms with van der Waals surface area (Å²) in [6.07, 6.45) is 17.2. The van der Waals surface area contributed by atoms with Gasteiger partial charge in [-0.15, -0.1) is 0 Å². The molecule has 2 aliphatic heterocycles. The number of nitrogens with one attached hydrogen (secondary N) is 3. The van der Waals surface area contributed by atoms with Crippen LogP contribution in [0.25, 0.3) is 22.4 Å².